The minimum atomic E-state index is -0.780. The van der Waals surface area contributed by atoms with Gasteiger partial charge in [0.25, 0.3) is 0 Å². The van der Waals surface area contributed by atoms with Crippen molar-refractivity contribution in [3.8, 4) is 11.5 Å². The van der Waals surface area contributed by atoms with E-state index in [0.29, 0.717) is 22.4 Å². The molecule has 1 aliphatic rings. The SMILES string of the molecule is CC(C)(c1ccc(OCC2CO2)cc1)c1cc(Cl)c(OCC(O)CCl)c(Cl)c1. The molecule has 0 saturated carbocycles. The zero-order valence-corrected chi connectivity index (χ0v) is 18.0. The maximum absolute atomic E-state index is 9.57. The van der Waals surface area contributed by atoms with Gasteiger partial charge in [-0.2, -0.15) is 0 Å². The summed E-state index contributed by atoms with van der Waals surface area (Å²) in [7, 11) is 0. The molecule has 0 radical (unpaired) electrons. The monoisotopic (exact) mass is 444 g/mol. The number of aliphatic hydroxyl groups excluding tert-OH is 1. The van der Waals surface area contributed by atoms with Crippen molar-refractivity contribution in [2.45, 2.75) is 31.5 Å². The molecule has 152 valence electrons. The van der Waals surface area contributed by atoms with Crippen molar-refractivity contribution in [2.75, 3.05) is 25.7 Å². The maximum atomic E-state index is 9.57. The number of halogens is 3. The van der Waals surface area contributed by atoms with Crippen LogP contribution in [0.4, 0.5) is 0 Å². The van der Waals surface area contributed by atoms with Crippen LogP contribution in [0.25, 0.3) is 0 Å². The lowest BCUT2D eigenvalue weighted by Crippen LogP contribution is -2.20. The van der Waals surface area contributed by atoms with Crippen LogP contribution in [0.5, 0.6) is 11.5 Å². The molecule has 7 heteroatoms. The van der Waals surface area contributed by atoms with Crippen LogP contribution in [-0.4, -0.2) is 43.0 Å². The summed E-state index contributed by atoms with van der Waals surface area (Å²) in [6, 6.07) is 11.6. The molecular formula is C21H23Cl3O4. The second-order valence-corrected chi connectivity index (χ2v) is 8.43. The summed E-state index contributed by atoms with van der Waals surface area (Å²) in [5, 5.41) is 10.3. The highest BCUT2D eigenvalue weighted by atomic mass is 35.5. The molecule has 0 spiro atoms. The first kappa shape index (κ1) is 21.5. The van der Waals surface area contributed by atoms with Gasteiger partial charge in [-0.05, 0) is 35.4 Å². The molecule has 2 atom stereocenters. The summed E-state index contributed by atoms with van der Waals surface area (Å²) in [4.78, 5) is 0. The standard InChI is InChI=1S/C21H23Cl3O4/c1-21(2,13-3-5-16(6-4-13)26-11-17-12-27-17)14-7-18(23)20(19(24)8-14)28-10-15(25)9-22/h3-8,15,17,25H,9-12H2,1-2H3. The van der Waals surface area contributed by atoms with Gasteiger partial charge in [-0.25, -0.2) is 0 Å². The van der Waals surface area contributed by atoms with Crippen LogP contribution in [0.3, 0.4) is 0 Å². The third kappa shape index (κ3) is 5.25. The molecule has 28 heavy (non-hydrogen) atoms. The Morgan fingerprint density at radius 1 is 1.11 bits per heavy atom. The quantitative estimate of drug-likeness (QED) is 0.432. The molecule has 1 aliphatic heterocycles. The van der Waals surface area contributed by atoms with Gasteiger partial charge < -0.3 is 19.3 Å². The number of epoxide rings is 1. The van der Waals surface area contributed by atoms with Gasteiger partial charge in [0, 0.05) is 5.41 Å². The highest BCUT2D eigenvalue weighted by Crippen LogP contribution is 2.40. The van der Waals surface area contributed by atoms with Crippen molar-refractivity contribution in [3.05, 3.63) is 57.6 Å². The van der Waals surface area contributed by atoms with Crippen LogP contribution in [-0.2, 0) is 10.2 Å². The Morgan fingerprint density at radius 3 is 2.25 bits per heavy atom. The normalized spacial score (nSPS) is 17.3. The highest BCUT2D eigenvalue weighted by molar-refractivity contribution is 6.37. The molecule has 2 unspecified atom stereocenters. The minimum absolute atomic E-state index is 0.0268. The van der Waals surface area contributed by atoms with E-state index in [0.717, 1.165) is 23.5 Å². The van der Waals surface area contributed by atoms with Gasteiger partial charge in [0.2, 0.25) is 0 Å². The van der Waals surface area contributed by atoms with Crippen molar-refractivity contribution in [1.29, 1.82) is 0 Å². The number of aliphatic hydroxyl groups is 1. The lowest BCUT2D eigenvalue weighted by atomic mass is 9.78. The summed E-state index contributed by atoms with van der Waals surface area (Å²) >= 11 is 18.4. The average Bonchev–Trinajstić information content (AvgIpc) is 3.50. The first-order valence-corrected chi connectivity index (χ1v) is 10.3. The zero-order chi connectivity index (χ0) is 20.3. The van der Waals surface area contributed by atoms with Gasteiger partial charge in [0.1, 0.15) is 31.2 Å². The summed E-state index contributed by atoms with van der Waals surface area (Å²) in [5.41, 5.74) is 1.72. The maximum Gasteiger partial charge on any atom is 0.156 e. The van der Waals surface area contributed by atoms with Crippen LogP contribution in [0.2, 0.25) is 10.0 Å². The molecule has 0 bridgehead atoms. The average molecular weight is 446 g/mol. The number of rotatable bonds is 9. The van der Waals surface area contributed by atoms with E-state index < -0.39 is 6.10 Å². The van der Waals surface area contributed by atoms with Crippen molar-refractivity contribution in [3.63, 3.8) is 0 Å². The molecule has 3 rings (SSSR count). The van der Waals surface area contributed by atoms with E-state index in [4.69, 9.17) is 49.0 Å². The molecule has 1 fully saturated rings. The number of hydrogen-bond donors (Lipinski definition) is 1. The van der Waals surface area contributed by atoms with Gasteiger partial charge in [0.15, 0.2) is 5.75 Å². The highest BCUT2D eigenvalue weighted by Gasteiger charge is 2.26. The van der Waals surface area contributed by atoms with Gasteiger partial charge in [-0.1, -0.05) is 49.2 Å². The Bertz CT molecular complexity index is 781. The molecule has 1 saturated heterocycles. The zero-order valence-electron chi connectivity index (χ0n) is 15.8. The fraction of sp³-hybridized carbons (Fsp3) is 0.429. The van der Waals surface area contributed by atoms with Gasteiger partial charge >= 0.3 is 0 Å². The number of hydrogen-bond acceptors (Lipinski definition) is 4. The molecule has 2 aromatic rings. The van der Waals surface area contributed by atoms with Crippen LogP contribution in [0.1, 0.15) is 25.0 Å². The molecule has 0 aliphatic carbocycles. The predicted octanol–water partition coefficient (Wildman–Crippen LogP) is 5.08. The lowest BCUT2D eigenvalue weighted by molar-refractivity contribution is 0.125. The van der Waals surface area contributed by atoms with Crippen molar-refractivity contribution < 1.29 is 19.3 Å². The molecule has 1 heterocycles. The van der Waals surface area contributed by atoms with Gasteiger partial charge in [0.05, 0.1) is 22.5 Å². The number of ether oxygens (including phenoxy) is 3. The van der Waals surface area contributed by atoms with E-state index in [2.05, 4.69) is 13.8 Å². The summed E-state index contributed by atoms with van der Waals surface area (Å²) in [6.45, 7) is 5.57. The second-order valence-electron chi connectivity index (χ2n) is 7.30. The van der Waals surface area contributed by atoms with E-state index in [1.54, 1.807) is 0 Å². The summed E-state index contributed by atoms with van der Waals surface area (Å²) in [6.07, 6.45) is -0.552. The smallest absolute Gasteiger partial charge is 0.156 e. The van der Waals surface area contributed by atoms with Crippen LogP contribution in [0, 0.1) is 0 Å². The third-order valence-electron chi connectivity index (χ3n) is 4.73. The first-order chi connectivity index (χ1) is 13.3. The van der Waals surface area contributed by atoms with E-state index in [1.807, 2.05) is 36.4 Å². The topological polar surface area (TPSA) is 51.2 Å². The molecule has 0 aromatic heterocycles. The van der Waals surface area contributed by atoms with Crippen LogP contribution < -0.4 is 9.47 Å². The van der Waals surface area contributed by atoms with Crippen molar-refractivity contribution >= 4 is 34.8 Å². The van der Waals surface area contributed by atoms with E-state index in [9.17, 15) is 5.11 Å². The Morgan fingerprint density at radius 2 is 1.71 bits per heavy atom. The van der Waals surface area contributed by atoms with E-state index >= 15 is 0 Å². The number of benzene rings is 2. The Balaban J connectivity index is 1.76. The van der Waals surface area contributed by atoms with Gasteiger partial charge in [-0.15, -0.1) is 11.6 Å². The number of alkyl halides is 1. The summed E-state index contributed by atoms with van der Waals surface area (Å²) in [5.74, 6) is 1.24. The van der Waals surface area contributed by atoms with E-state index in [-0.39, 0.29) is 24.0 Å². The summed E-state index contributed by atoms with van der Waals surface area (Å²) < 4.78 is 16.4. The fourth-order valence-corrected chi connectivity index (χ4v) is 3.46. The molecular weight excluding hydrogens is 423 g/mol. The lowest BCUT2D eigenvalue weighted by Gasteiger charge is -2.27. The molecule has 0 amide bonds. The second kappa shape index (κ2) is 9.10. The Kier molecular flexibility index (Phi) is 7.00. The van der Waals surface area contributed by atoms with E-state index in [1.165, 1.54) is 0 Å². The van der Waals surface area contributed by atoms with Gasteiger partial charge in [-0.3, -0.25) is 0 Å². The van der Waals surface area contributed by atoms with Crippen molar-refractivity contribution in [1.82, 2.24) is 0 Å². The van der Waals surface area contributed by atoms with Crippen LogP contribution in [0.15, 0.2) is 36.4 Å². The largest absolute Gasteiger partial charge is 0.491 e. The Labute approximate surface area is 180 Å². The minimum Gasteiger partial charge on any atom is -0.491 e. The first-order valence-electron chi connectivity index (χ1n) is 9.02. The molecule has 1 N–H and O–H groups in total. The molecule has 2 aromatic carbocycles. The van der Waals surface area contributed by atoms with Crippen molar-refractivity contribution in [2.24, 2.45) is 0 Å². The predicted molar refractivity (Wildman–Crippen MR) is 112 cm³/mol. The Hall–Kier alpha value is -1.17. The third-order valence-corrected chi connectivity index (χ3v) is 5.65. The molecule has 4 nitrogen and oxygen atoms in total. The van der Waals surface area contributed by atoms with Crippen LogP contribution >= 0.6 is 34.8 Å². The fourth-order valence-electron chi connectivity index (χ4n) is 2.77.